The normalized spacial score (nSPS) is 11.4. The number of aromatic nitrogens is 3. The number of hydrogen-bond donors (Lipinski definition) is 3. The van der Waals surface area contributed by atoms with Gasteiger partial charge in [-0.2, -0.15) is 5.48 Å². The number of unbranched alkanes of at least 4 members (excludes halogenated alkanes) is 1. The quantitative estimate of drug-likeness (QED) is 0.341. The Morgan fingerprint density at radius 3 is 2.61 bits per heavy atom. The first-order valence-electron chi connectivity index (χ1n) is 10.7. The standard InChI is InChI=1S/C23H32N6O2/c1-15(2)28-31-14-19-27-20-21(16(3)17(4)26-22(20)24)29(19)13-9-8-12-25-23(30)18-10-6-5-7-11-18/h5-7,10-11,15,28H,8-9,12-14H2,1-4H3,(H2,24,26)(H,25,30). The van der Waals surface area contributed by atoms with Crippen LogP contribution in [0, 0.1) is 13.8 Å². The molecule has 3 aromatic rings. The minimum atomic E-state index is -0.0483. The largest absolute Gasteiger partial charge is 0.382 e. The van der Waals surface area contributed by atoms with Crippen molar-refractivity contribution < 1.29 is 9.63 Å². The number of hydrogen-bond acceptors (Lipinski definition) is 6. The molecule has 0 aliphatic rings. The summed E-state index contributed by atoms with van der Waals surface area (Å²) in [6.07, 6.45) is 1.73. The Hall–Kier alpha value is -2.97. The van der Waals surface area contributed by atoms with Crippen molar-refractivity contribution in [2.75, 3.05) is 12.3 Å². The SMILES string of the molecule is Cc1nc(N)c2nc(CONC(C)C)n(CCCCNC(=O)c3ccccc3)c2c1C. The predicted molar refractivity (Wildman–Crippen MR) is 122 cm³/mol. The second-order valence-corrected chi connectivity index (χ2v) is 7.97. The summed E-state index contributed by atoms with van der Waals surface area (Å²) in [5.41, 5.74) is 13.5. The van der Waals surface area contributed by atoms with E-state index >= 15 is 0 Å². The number of pyridine rings is 1. The maximum atomic E-state index is 12.2. The number of nitrogens with zero attached hydrogens (tertiary/aromatic N) is 3. The highest BCUT2D eigenvalue weighted by Crippen LogP contribution is 2.26. The van der Waals surface area contributed by atoms with Crippen LogP contribution < -0.4 is 16.5 Å². The molecule has 0 atom stereocenters. The van der Waals surface area contributed by atoms with Crippen molar-refractivity contribution in [2.24, 2.45) is 0 Å². The average molecular weight is 425 g/mol. The summed E-state index contributed by atoms with van der Waals surface area (Å²) in [6.45, 7) is 9.72. The Balaban J connectivity index is 1.68. The highest BCUT2D eigenvalue weighted by atomic mass is 16.6. The van der Waals surface area contributed by atoms with Crippen molar-refractivity contribution in [3.63, 3.8) is 0 Å². The van der Waals surface area contributed by atoms with Crippen LogP contribution in [0.15, 0.2) is 30.3 Å². The van der Waals surface area contributed by atoms with E-state index in [9.17, 15) is 4.79 Å². The van der Waals surface area contributed by atoms with E-state index in [4.69, 9.17) is 15.6 Å². The second kappa shape index (κ2) is 10.4. The van der Waals surface area contributed by atoms with Gasteiger partial charge in [-0.15, -0.1) is 0 Å². The minimum Gasteiger partial charge on any atom is -0.382 e. The van der Waals surface area contributed by atoms with Gasteiger partial charge < -0.3 is 15.6 Å². The first-order chi connectivity index (χ1) is 14.9. The number of nitrogen functional groups attached to an aromatic ring is 1. The van der Waals surface area contributed by atoms with Crippen molar-refractivity contribution in [3.8, 4) is 0 Å². The lowest BCUT2D eigenvalue weighted by Crippen LogP contribution is -2.25. The lowest BCUT2D eigenvalue weighted by atomic mass is 10.2. The summed E-state index contributed by atoms with van der Waals surface area (Å²) < 4.78 is 2.16. The van der Waals surface area contributed by atoms with Gasteiger partial charge in [-0.1, -0.05) is 18.2 Å². The lowest BCUT2D eigenvalue weighted by Gasteiger charge is -2.13. The van der Waals surface area contributed by atoms with Gasteiger partial charge in [-0.3, -0.25) is 9.63 Å². The molecule has 166 valence electrons. The number of nitrogens with one attached hydrogen (secondary N) is 2. The fraction of sp³-hybridized carbons (Fsp3) is 0.435. The molecule has 8 heteroatoms. The van der Waals surface area contributed by atoms with Gasteiger partial charge in [0.15, 0.2) is 5.82 Å². The maximum absolute atomic E-state index is 12.2. The first kappa shape index (κ1) is 22.7. The van der Waals surface area contributed by atoms with Crippen LogP contribution in [-0.4, -0.2) is 33.0 Å². The zero-order valence-corrected chi connectivity index (χ0v) is 18.7. The predicted octanol–water partition coefficient (Wildman–Crippen LogP) is 3.27. The molecule has 0 saturated heterocycles. The number of carbonyl (C=O) groups is 1. The van der Waals surface area contributed by atoms with Crippen LogP contribution in [0.25, 0.3) is 11.0 Å². The zero-order valence-electron chi connectivity index (χ0n) is 18.7. The van der Waals surface area contributed by atoms with E-state index in [0.29, 0.717) is 30.0 Å². The molecule has 0 saturated carbocycles. The van der Waals surface area contributed by atoms with E-state index in [1.54, 1.807) is 0 Å². The number of rotatable bonds is 10. The van der Waals surface area contributed by atoms with Crippen LogP contribution in [0.5, 0.6) is 0 Å². The van der Waals surface area contributed by atoms with E-state index in [2.05, 4.69) is 20.3 Å². The van der Waals surface area contributed by atoms with Gasteiger partial charge in [0.25, 0.3) is 5.91 Å². The van der Waals surface area contributed by atoms with Crippen LogP contribution in [0.2, 0.25) is 0 Å². The zero-order chi connectivity index (χ0) is 22.4. The van der Waals surface area contributed by atoms with E-state index < -0.39 is 0 Å². The van der Waals surface area contributed by atoms with Gasteiger partial charge in [0, 0.05) is 30.4 Å². The molecule has 0 bridgehead atoms. The monoisotopic (exact) mass is 424 g/mol. The van der Waals surface area contributed by atoms with Crippen molar-refractivity contribution in [1.29, 1.82) is 0 Å². The van der Waals surface area contributed by atoms with E-state index in [0.717, 1.165) is 42.0 Å². The molecule has 0 fully saturated rings. The van der Waals surface area contributed by atoms with Gasteiger partial charge in [0.2, 0.25) is 0 Å². The molecule has 31 heavy (non-hydrogen) atoms. The summed E-state index contributed by atoms with van der Waals surface area (Å²) in [5.74, 6) is 1.19. The van der Waals surface area contributed by atoms with Crippen molar-refractivity contribution >= 4 is 22.8 Å². The highest BCUT2D eigenvalue weighted by molar-refractivity contribution is 5.94. The summed E-state index contributed by atoms with van der Waals surface area (Å²) >= 11 is 0. The first-order valence-corrected chi connectivity index (χ1v) is 10.7. The molecule has 0 aliphatic heterocycles. The van der Waals surface area contributed by atoms with Crippen LogP contribution in [-0.2, 0) is 18.0 Å². The Morgan fingerprint density at radius 1 is 1.16 bits per heavy atom. The molecule has 1 aromatic carbocycles. The van der Waals surface area contributed by atoms with Gasteiger partial charge in [-0.05, 0) is 58.2 Å². The minimum absolute atomic E-state index is 0.0483. The van der Waals surface area contributed by atoms with E-state index in [1.165, 1.54) is 0 Å². The lowest BCUT2D eigenvalue weighted by molar-refractivity contribution is 0.00660. The van der Waals surface area contributed by atoms with Gasteiger partial charge >= 0.3 is 0 Å². The summed E-state index contributed by atoms with van der Waals surface area (Å²) in [4.78, 5) is 26.9. The number of imidazole rings is 1. The third-order valence-electron chi connectivity index (χ3n) is 5.13. The van der Waals surface area contributed by atoms with Gasteiger partial charge in [-0.25, -0.2) is 9.97 Å². The number of benzene rings is 1. The van der Waals surface area contributed by atoms with Gasteiger partial charge in [0.05, 0.1) is 5.52 Å². The van der Waals surface area contributed by atoms with Crippen molar-refractivity contribution in [3.05, 3.63) is 53.0 Å². The molecular formula is C23H32N6O2. The van der Waals surface area contributed by atoms with Crippen LogP contribution >= 0.6 is 0 Å². The fourth-order valence-electron chi connectivity index (χ4n) is 3.46. The Morgan fingerprint density at radius 2 is 1.90 bits per heavy atom. The van der Waals surface area contributed by atoms with Crippen LogP contribution in [0.1, 0.15) is 54.1 Å². The Bertz CT molecular complexity index is 1030. The highest BCUT2D eigenvalue weighted by Gasteiger charge is 2.18. The molecule has 0 radical (unpaired) electrons. The number of amides is 1. The van der Waals surface area contributed by atoms with Crippen molar-refractivity contribution in [2.45, 2.75) is 59.7 Å². The topological polar surface area (TPSA) is 107 Å². The summed E-state index contributed by atoms with van der Waals surface area (Å²) in [6, 6.07) is 9.46. The summed E-state index contributed by atoms with van der Waals surface area (Å²) in [7, 11) is 0. The molecule has 3 rings (SSSR count). The van der Waals surface area contributed by atoms with E-state index in [1.807, 2.05) is 58.0 Å². The number of fused-ring (bicyclic) bond motifs is 1. The molecule has 0 aliphatic carbocycles. The summed E-state index contributed by atoms with van der Waals surface area (Å²) in [5, 5.41) is 2.98. The Labute approximate surface area is 183 Å². The third kappa shape index (κ3) is 5.59. The molecule has 2 heterocycles. The number of anilines is 1. The van der Waals surface area contributed by atoms with E-state index in [-0.39, 0.29) is 11.9 Å². The maximum Gasteiger partial charge on any atom is 0.251 e. The molecule has 4 N–H and O–H groups in total. The molecule has 1 amide bonds. The van der Waals surface area contributed by atoms with Crippen molar-refractivity contribution in [1.82, 2.24) is 25.3 Å². The third-order valence-corrected chi connectivity index (χ3v) is 5.13. The average Bonchev–Trinajstić information content (AvgIpc) is 3.11. The smallest absolute Gasteiger partial charge is 0.251 e. The molecule has 2 aromatic heterocycles. The number of hydroxylamine groups is 1. The Kier molecular flexibility index (Phi) is 7.59. The van der Waals surface area contributed by atoms with Crippen LogP contribution in [0.4, 0.5) is 5.82 Å². The molecule has 0 unspecified atom stereocenters. The number of nitrogens with two attached hydrogens (primary N) is 1. The number of aryl methyl sites for hydroxylation is 3. The van der Waals surface area contributed by atoms with Gasteiger partial charge in [0.1, 0.15) is 17.9 Å². The number of carbonyl (C=O) groups excluding carboxylic acids is 1. The fourth-order valence-corrected chi connectivity index (χ4v) is 3.46. The second-order valence-electron chi connectivity index (χ2n) is 7.97. The molecule has 0 spiro atoms. The van der Waals surface area contributed by atoms with Crippen LogP contribution in [0.3, 0.4) is 0 Å². The molecular weight excluding hydrogens is 392 g/mol. The molecule has 8 nitrogen and oxygen atoms in total.